The minimum absolute atomic E-state index is 0.782. The van der Waals surface area contributed by atoms with Crippen LogP contribution in [-0.4, -0.2) is 12.6 Å². The van der Waals surface area contributed by atoms with E-state index in [1.807, 2.05) is 0 Å². The number of allylic oxidation sites excluding steroid dienone is 6. The van der Waals surface area contributed by atoms with Crippen LogP contribution in [0, 0.1) is 88.8 Å². The molecule has 10 atom stereocenters. The highest BCUT2D eigenvalue weighted by Gasteiger charge is 2.53. The van der Waals surface area contributed by atoms with Gasteiger partial charge in [0.2, 0.25) is 0 Å². The predicted molar refractivity (Wildman–Crippen MR) is 227 cm³/mol. The first-order chi connectivity index (χ1) is 25.5. The molecule has 296 valence electrons. The Labute approximate surface area is 324 Å². The second-order valence-corrected chi connectivity index (χ2v) is 20.3. The molecule has 52 heavy (non-hydrogen) atoms. The molecule has 0 saturated heterocycles. The standard InChI is InChI=1S/C51H87N/c1-7-12-38-19-29-45(41-21-15-36(6)16-22-41)47(32-38)49-34-40(14-9-3)35-50(51(49)43-23-17-37(11-5)18-24-43)48-33-39(13-8-2)20-30-46(48)42-25-27-44(28-26-42)52-31-10-4/h7-9,12-14,36-52H,10-11,15-35H2,1-6H3/b12-7+,13-8+,14-9+. The molecule has 6 saturated carbocycles. The number of hydrogen-bond acceptors (Lipinski definition) is 1. The van der Waals surface area contributed by atoms with Crippen LogP contribution in [0.4, 0.5) is 0 Å². The van der Waals surface area contributed by atoms with Gasteiger partial charge in [-0.25, -0.2) is 0 Å². The highest BCUT2D eigenvalue weighted by Crippen LogP contribution is 2.61. The lowest BCUT2D eigenvalue weighted by Gasteiger charge is -2.57. The fourth-order valence-electron chi connectivity index (χ4n) is 14.8. The van der Waals surface area contributed by atoms with E-state index in [-0.39, 0.29) is 0 Å². The van der Waals surface area contributed by atoms with Crippen molar-refractivity contribution in [1.29, 1.82) is 0 Å². The molecular formula is C51H87N. The average molecular weight is 714 g/mol. The summed E-state index contributed by atoms with van der Waals surface area (Å²) in [6.07, 6.45) is 48.1. The van der Waals surface area contributed by atoms with Gasteiger partial charge in [-0.3, -0.25) is 0 Å². The number of nitrogens with one attached hydrogen (secondary N) is 1. The Kier molecular flexibility index (Phi) is 16.0. The smallest absolute Gasteiger partial charge is 0.00672 e. The van der Waals surface area contributed by atoms with Crippen LogP contribution in [0.25, 0.3) is 0 Å². The molecule has 0 aromatic rings. The number of rotatable bonds is 12. The van der Waals surface area contributed by atoms with Gasteiger partial charge in [0.05, 0.1) is 0 Å². The summed E-state index contributed by atoms with van der Waals surface area (Å²) in [5.74, 6) is 14.0. The fourth-order valence-corrected chi connectivity index (χ4v) is 14.8. The first kappa shape index (κ1) is 40.8. The van der Waals surface area contributed by atoms with Crippen LogP contribution in [0.3, 0.4) is 0 Å². The van der Waals surface area contributed by atoms with E-state index in [1.165, 1.54) is 135 Å². The van der Waals surface area contributed by atoms with Gasteiger partial charge >= 0.3 is 0 Å². The maximum atomic E-state index is 3.94. The lowest BCUT2D eigenvalue weighted by Crippen LogP contribution is -2.50. The van der Waals surface area contributed by atoms with Crippen molar-refractivity contribution in [3.05, 3.63) is 36.5 Å². The third-order valence-electron chi connectivity index (χ3n) is 17.4. The van der Waals surface area contributed by atoms with Gasteiger partial charge in [-0.05, 0) is 225 Å². The van der Waals surface area contributed by atoms with Crippen LogP contribution < -0.4 is 5.32 Å². The van der Waals surface area contributed by atoms with E-state index in [4.69, 9.17) is 0 Å². The molecule has 1 nitrogen and oxygen atoms in total. The molecule has 0 amide bonds. The van der Waals surface area contributed by atoms with E-state index in [0.29, 0.717) is 0 Å². The van der Waals surface area contributed by atoms with Crippen LogP contribution in [0.1, 0.15) is 183 Å². The Morgan fingerprint density at radius 2 is 0.923 bits per heavy atom. The zero-order valence-corrected chi connectivity index (χ0v) is 35.5. The van der Waals surface area contributed by atoms with Gasteiger partial charge in [0.25, 0.3) is 0 Å². The molecule has 6 aliphatic rings. The van der Waals surface area contributed by atoms with Crippen LogP contribution >= 0.6 is 0 Å². The minimum Gasteiger partial charge on any atom is -0.314 e. The second-order valence-electron chi connectivity index (χ2n) is 20.3. The predicted octanol–water partition coefficient (Wildman–Crippen LogP) is 14.6. The molecule has 0 radical (unpaired) electrons. The quantitative estimate of drug-likeness (QED) is 0.199. The van der Waals surface area contributed by atoms with Gasteiger partial charge in [0.15, 0.2) is 0 Å². The molecule has 1 heteroatoms. The summed E-state index contributed by atoms with van der Waals surface area (Å²) >= 11 is 0. The molecule has 6 fully saturated rings. The summed E-state index contributed by atoms with van der Waals surface area (Å²) < 4.78 is 0. The molecule has 0 bridgehead atoms. The molecule has 6 aliphatic carbocycles. The topological polar surface area (TPSA) is 12.0 Å². The van der Waals surface area contributed by atoms with Crippen molar-refractivity contribution in [2.75, 3.05) is 6.54 Å². The number of hydrogen-bond donors (Lipinski definition) is 1. The first-order valence-corrected chi connectivity index (χ1v) is 24.1. The first-order valence-electron chi connectivity index (χ1n) is 24.1. The van der Waals surface area contributed by atoms with Crippen molar-refractivity contribution >= 4 is 0 Å². The van der Waals surface area contributed by atoms with E-state index in [1.54, 1.807) is 12.8 Å². The third-order valence-corrected chi connectivity index (χ3v) is 17.4. The Morgan fingerprint density at radius 3 is 1.40 bits per heavy atom. The molecule has 1 N–H and O–H groups in total. The third kappa shape index (κ3) is 10.1. The maximum Gasteiger partial charge on any atom is 0.00672 e. The molecule has 0 aromatic carbocycles. The van der Waals surface area contributed by atoms with Crippen molar-refractivity contribution in [2.45, 2.75) is 189 Å². The molecular weight excluding hydrogens is 627 g/mol. The summed E-state index contributed by atoms with van der Waals surface area (Å²) in [5, 5.41) is 3.94. The van der Waals surface area contributed by atoms with E-state index in [2.05, 4.69) is 83.3 Å². The van der Waals surface area contributed by atoms with Crippen LogP contribution in [0.15, 0.2) is 36.5 Å². The largest absolute Gasteiger partial charge is 0.314 e. The lowest BCUT2D eigenvalue weighted by atomic mass is 9.48. The molecule has 6 rings (SSSR count). The SMILES string of the molecule is C/C=C/C1CCC(C2CCC(C)CC2)C(C2CC(/C=C/C)CC(C3CC(/C=C/C)CCC3C3CCC(NCCC)CC3)C2C2CCC(CC)CC2)C1. The minimum atomic E-state index is 0.782. The van der Waals surface area contributed by atoms with E-state index in [9.17, 15) is 0 Å². The van der Waals surface area contributed by atoms with Crippen molar-refractivity contribution < 1.29 is 0 Å². The summed E-state index contributed by atoms with van der Waals surface area (Å²) in [6, 6.07) is 0.782. The van der Waals surface area contributed by atoms with Gasteiger partial charge in [-0.1, -0.05) is 89.3 Å². The van der Waals surface area contributed by atoms with Gasteiger partial charge in [0.1, 0.15) is 0 Å². The van der Waals surface area contributed by atoms with E-state index in [0.717, 1.165) is 94.8 Å². The van der Waals surface area contributed by atoms with Crippen LogP contribution in [0.5, 0.6) is 0 Å². The van der Waals surface area contributed by atoms with Crippen molar-refractivity contribution in [2.24, 2.45) is 88.8 Å². The monoisotopic (exact) mass is 714 g/mol. The summed E-state index contributed by atoms with van der Waals surface area (Å²) in [5.41, 5.74) is 0. The van der Waals surface area contributed by atoms with Crippen molar-refractivity contribution in [3.63, 3.8) is 0 Å². The highest BCUT2D eigenvalue weighted by molar-refractivity contribution is 5.07. The van der Waals surface area contributed by atoms with Crippen molar-refractivity contribution in [3.8, 4) is 0 Å². The zero-order valence-electron chi connectivity index (χ0n) is 35.5. The summed E-state index contributed by atoms with van der Waals surface area (Å²) in [7, 11) is 0. The van der Waals surface area contributed by atoms with E-state index < -0.39 is 0 Å². The zero-order chi connectivity index (χ0) is 36.5. The molecule has 0 aliphatic heterocycles. The fraction of sp³-hybridized carbons (Fsp3) is 0.882. The summed E-state index contributed by atoms with van der Waals surface area (Å²) in [6.45, 7) is 15.5. The highest BCUT2D eigenvalue weighted by atomic mass is 14.9. The Morgan fingerprint density at radius 1 is 0.462 bits per heavy atom. The Balaban J connectivity index is 1.37. The van der Waals surface area contributed by atoms with Gasteiger partial charge in [0, 0.05) is 6.04 Å². The van der Waals surface area contributed by atoms with Crippen molar-refractivity contribution in [1.82, 2.24) is 5.32 Å². The van der Waals surface area contributed by atoms with Gasteiger partial charge in [-0.2, -0.15) is 0 Å². The van der Waals surface area contributed by atoms with Crippen LogP contribution in [0.2, 0.25) is 0 Å². The lowest BCUT2D eigenvalue weighted by molar-refractivity contribution is -0.0762. The second kappa shape index (κ2) is 20.4. The molecule has 0 heterocycles. The normalized spacial score (nSPS) is 45.6. The molecule has 0 spiro atoms. The van der Waals surface area contributed by atoms with Crippen LogP contribution in [-0.2, 0) is 0 Å². The maximum absolute atomic E-state index is 3.94. The van der Waals surface area contributed by atoms with Gasteiger partial charge in [-0.15, -0.1) is 0 Å². The average Bonchev–Trinajstić information content (AvgIpc) is 3.18. The Hall–Kier alpha value is -0.820. The Bertz CT molecular complexity index is 1090. The molecule has 0 aromatic heterocycles. The van der Waals surface area contributed by atoms with Gasteiger partial charge < -0.3 is 5.32 Å². The summed E-state index contributed by atoms with van der Waals surface area (Å²) in [4.78, 5) is 0. The molecule has 10 unspecified atom stereocenters. The van der Waals surface area contributed by atoms with E-state index >= 15 is 0 Å².